The molecule has 3 aromatic rings. The normalized spacial score (nSPS) is 16.0. The molecule has 3 heterocycles. The van der Waals surface area contributed by atoms with Crippen molar-refractivity contribution in [2.75, 3.05) is 18.4 Å². The number of halogens is 2. The van der Waals surface area contributed by atoms with Gasteiger partial charge in [-0.3, -0.25) is 14.6 Å². The Bertz CT molecular complexity index is 1150. The lowest BCUT2D eigenvalue weighted by Crippen LogP contribution is -2.32. The van der Waals surface area contributed by atoms with Crippen LogP contribution in [0.1, 0.15) is 22.5 Å². The van der Waals surface area contributed by atoms with Gasteiger partial charge in [-0.1, -0.05) is 35.3 Å². The highest BCUT2D eigenvalue weighted by molar-refractivity contribution is 6.33. The monoisotopic (exact) mass is 443 g/mol. The predicted molar refractivity (Wildman–Crippen MR) is 117 cm³/mol. The molecule has 154 valence electrons. The van der Waals surface area contributed by atoms with E-state index in [1.165, 1.54) is 10.9 Å². The van der Waals surface area contributed by atoms with Gasteiger partial charge in [-0.15, -0.1) is 0 Å². The van der Waals surface area contributed by atoms with E-state index < -0.39 is 5.56 Å². The smallest absolute Gasteiger partial charge is 0.292 e. The number of carbonyl (C=O) groups excluding carboxylic acids is 1. The molecule has 9 heteroatoms. The van der Waals surface area contributed by atoms with Gasteiger partial charge in [0, 0.05) is 30.4 Å². The molecular formula is C21H19Cl2N5O2. The minimum absolute atomic E-state index is 0.0381. The maximum Gasteiger partial charge on any atom is 0.292 e. The van der Waals surface area contributed by atoms with E-state index in [4.69, 9.17) is 23.2 Å². The van der Waals surface area contributed by atoms with Crippen molar-refractivity contribution >= 4 is 34.8 Å². The Balaban J connectivity index is 1.49. The number of anilines is 1. The lowest BCUT2D eigenvalue weighted by molar-refractivity contribution is 0.0786. The molecule has 1 amide bonds. The minimum Gasteiger partial charge on any atom is -0.378 e. The van der Waals surface area contributed by atoms with E-state index in [1.807, 2.05) is 13.0 Å². The Labute approximate surface area is 183 Å². The highest BCUT2D eigenvalue weighted by atomic mass is 35.5. The number of benzene rings is 1. The van der Waals surface area contributed by atoms with Gasteiger partial charge in [-0.2, -0.15) is 9.78 Å². The lowest BCUT2D eigenvalue weighted by Gasteiger charge is -2.18. The molecule has 1 fully saturated rings. The van der Waals surface area contributed by atoms with E-state index in [0.29, 0.717) is 35.2 Å². The summed E-state index contributed by atoms with van der Waals surface area (Å²) in [6.07, 6.45) is 3.84. The third-order valence-electron chi connectivity index (χ3n) is 5.04. The third-order valence-corrected chi connectivity index (χ3v) is 5.81. The maximum atomic E-state index is 12.7. The number of aromatic nitrogens is 3. The van der Waals surface area contributed by atoms with Gasteiger partial charge < -0.3 is 10.2 Å². The summed E-state index contributed by atoms with van der Waals surface area (Å²) in [4.78, 5) is 31.1. The molecule has 1 saturated heterocycles. The maximum absolute atomic E-state index is 12.7. The fourth-order valence-electron chi connectivity index (χ4n) is 3.36. The molecule has 1 aliphatic rings. The Kier molecular flexibility index (Phi) is 5.74. The molecule has 1 aliphatic heterocycles. The molecule has 0 bridgehead atoms. The molecule has 1 unspecified atom stereocenters. The number of hydrogen-bond donors (Lipinski definition) is 1. The van der Waals surface area contributed by atoms with Crippen LogP contribution >= 0.6 is 23.2 Å². The van der Waals surface area contributed by atoms with Crippen molar-refractivity contribution in [2.24, 2.45) is 0 Å². The molecule has 30 heavy (non-hydrogen) atoms. The molecule has 7 nitrogen and oxygen atoms in total. The first-order valence-electron chi connectivity index (χ1n) is 9.45. The first kappa shape index (κ1) is 20.4. The van der Waals surface area contributed by atoms with Gasteiger partial charge in [-0.05, 0) is 43.2 Å². The van der Waals surface area contributed by atoms with Crippen LogP contribution in [0.5, 0.6) is 0 Å². The lowest BCUT2D eigenvalue weighted by atomic mass is 10.2. The van der Waals surface area contributed by atoms with Crippen LogP contribution in [0, 0.1) is 6.92 Å². The average Bonchev–Trinajstić information content (AvgIpc) is 3.22. The standard InChI is InChI=1S/C21H19Cl2N5O2/c1-13-5-6-15(10-16(13)22)28-21(30)19(23)18(11-25-28)26-14-7-9-27(12-14)20(29)17-4-2-3-8-24-17/h2-6,8,10-11,14,26H,7,9,12H2,1H3. The third kappa shape index (κ3) is 4.04. The SMILES string of the molecule is Cc1ccc(-n2ncc(NC3CCN(C(=O)c4ccccn4)C3)c(Cl)c2=O)cc1Cl. The van der Waals surface area contributed by atoms with E-state index in [2.05, 4.69) is 15.4 Å². The first-order valence-corrected chi connectivity index (χ1v) is 10.2. The summed E-state index contributed by atoms with van der Waals surface area (Å²) in [5.41, 5.74) is 1.85. The fraction of sp³-hybridized carbons (Fsp3) is 0.238. The summed E-state index contributed by atoms with van der Waals surface area (Å²) in [5, 5.41) is 8.05. The summed E-state index contributed by atoms with van der Waals surface area (Å²) in [5.74, 6) is -0.115. The topological polar surface area (TPSA) is 80.1 Å². The van der Waals surface area contributed by atoms with Crippen molar-refractivity contribution in [2.45, 2.75) is 19.4 Å². The molecule has 0 radical (unpaired) electrons. The fourth-order valence-corrected chi connectivity index (χ4v) is 3.72. The summed E-state index contributed by atoms with van der Waals surface area (Å²) in [6, 6.07) is 10.5. The van der Waals surface area contributed by atoms with E-state index in [1.54, 1.807) is 41.4 Å². The van der Waals surface area contributed by atoms with Crippen LogP contribution in [0.25, 0.3) is 5.69 Å². The van der Waals surface area contributed by atoms with E-state index in [0.717, 1.165) is 12.0 Å². The highest BCUT2D eigenvalue weighted by Crippen LogP contribution is 2.23. The van der Waals surface area contributed by atoms with Crippen molar-refractivity contribution < 1.29 is 4.79 Å². The van der Waals surface area contributed by atoms with Gasteiger partial charge in [0.2, 0.25) is 0 Å². The molecule has 1 N–H and O–H groups in total. The minimum atomic E-state index is -0.444. The summed E-state index contributed by atoms with van der Waals surface area (Å²) in [6.45, 7) is 2.96. The second-order valence-corrected chi connectivity index (χ2v) is 7.90. The van der Waals surface area contributed by atoms with Crippen LogP contribution in [0.15, 0.2) is 53.6 Å². The van der Waals surface area contributed by atoms with Gasteiger partial charge in [0.25, 0.3) is 11.5 Å². The number of rotatable bonds is 4. The van der Waals surface area contributed by atoms with Crippen molar-refractivity contribution in [1.29, 1.82) is 0 Å². The number of nitrogens with one attached hydrogen (secondary N) is 1. The Morgan fingerprint density at radius 3 is 2.80 bits per heavy atom. The van der Waals surface area contributed by atoms with E-state index in [-0.39, 0.29) is 17.0 Å². The zero-order valence-corrected chi connectivity index (χ0v) is 17.7. The molecule has 1 atom stereocenters. The van der Waals surface area contributed by atoms with Crippen molar-refractivity contribution in [1.82, 2.24) is 19.7 Å². The number of pyridine rings is 1. The molecule has 2 aromatic heterocycles. The van der Waals surface area contributed by atoms with Gasteiger partial charge in [0.1, 0.15) is 10.7 Å². The van der Waals surface area contributed by atoms with Gasteiger partial charge in [0.05, 0.1) is 17.6 Å². The number of hydrogen-bond acceptors (Lipinski definition) is 5. The van der Waals surface area contributed by atoms with Gasteiger partial charge in [-0.25, -0.2) is 0 Å². The Morgan fingerprint density at radius 2 is 2.07 bits per heavy atom. The van der Waals surface area contributed by atoms with Crippen molar-refractivity contribution in [3.05, 3.63) is 80.4 Å². The molecule has 4 rings (SSSR count). The van der Waals surface area contributed by atoms with E-state index in [9.17, 15) is 9.59 Å². The van der Waals surface area contributed by atoms with Crippen LogP contribution in [-0.2, 0) is 0 Å². The number of likely N-dealkylation sites (tertiary alicyclic amines) is 1. The zero-order chi connectivity index (χ0) is 21.3. The number of nitrogens with zero attached hydrogens (tertiary/aromatic N) is 4. The zero-order valence-electron chi connectivity index (χ0n) is 16.2. The Morgan fingerprint density at radius 1 is 1.23 bits per heavy atom. The Hall–Kier alpha value is -2.90. The summed E-state index contributed by atoms with van der Waals surface area (Å²) < 4.78 is 1.21. The van der Waals surface area contributed by atoms with Gasteiger partial charge in [0.15, 0.2) is 0 Å². The number of carbonyl (C=O) groups is 1. The highest BCUT2D eigenvalue weighted by Gasteiger charge is 2.28. The quantitative estimate of drug-likeness (QED) is 0.666. The van der Waals surface area contributed by atoms with Crippen LogP contribution in [0.4, 0.5) is 5.69 Å². The molecule has 0 saturated carbocycles. The average molecular weight is 444 g/mol. The second kappa shape index (κ2) is 8.45. The largest absolute Gasteiger partial charge is 0.378 e. The van der Waals surface area contributed by atoms with Crippen LogP contribution in [0.3, 0.4) is 0 Å². The van der Waals surface area contributed by atoms with Crippen molar-refractivity contribution in [3.63, 3.8) is 0 Å². The first-order chi connectivity index (χ1) is 14.4. The molecule has 0 spiro atoms. The second-order valence-electron chi connectivity index (χ2n) is 7.12. The number of aryl methyl sites for hydroxylation is 1. The molecular weight excluding hydrogens is 425 g/mol. The summed E-state index contributed by atoms with van der Waals surface area (Å²) >= 11 is 12.5. The van der Waals surface area contributed by atoms with Gasteiger partial charge >= 0.3 is 0 Å². The van der Waals surface area contributed by atoms with Crippen molar-refractivity contribution in [3.8, 4) is 5.69 Å². The summed E-state index contributed by atoms with van der Waals surface area (Å²) in [7, 11) is 0. The molecule has 0 aliphatic carbocycles. The van der Waals surface area contributed by atoms with Crippen LogP contribution in [0.2, 0.25) is 10.0 Å². The van der Waals surface area contributed by atoms with Crippen LogP contribution in [-0.4, -0.2) is 44.7 Å². The van der Waals surface area contributed by atoms with E-state index >= 15 is 0 Å². The van der Waals surface area contributed by atoms with Crippen LogP contribution < -0.4 is 10.9 Å². The number of amides is 1. The molecule has 1 aromatic carbocycles. The predicted octanol–water partition coefficient (Wildman–Crippen LogP) is 3.57.